The van der Waals surface area contributed by atoms with Crippen LogP contribution >= 0.6 is 0 Å². The van der Waals surface area contributed by atoms with Gasteiger partial charge in [-0.15, -0.1) is 0 Å². The van der Waals surface area contributed by atoms with Gasteiger partial charge >= 0.3 is 0 Å². The monoisotopic (exact) mass is 288 g/mol. The Labute approximate surface area is 126 Å². The molecule has 2 rings (SSSR count). The Morgan fingerprint density at radius 1 is 1.19 bits per heavy atom. The van der Waals surface area contributed by atoms with Crippen molar-refractivity contribution in [2.75, 3.05) is 43.6 Å². The average Bonchev–Trinajstić information content (AvgIpc) is 2.53. The van der Waals surface area contributed by atoms with E-state index in [1.54, 1.807) is 7.11 Å². The molecule has 0 aliphatic rings. The fourth-order valence-corrected chi connectivity index (χ4v) is 2.23. The number of nitrogens with zero attached hydrogens (tertiary/aromatic N) is 3. The van der Waals surface area contributed by atoms with Gasteiger partial charge in [0.2, 0.25) is 5.95 Å². The standard InChI is InChI=1S/C16H24N4O/c1-4-10-17-16-18-14-9-7-6-8-13(14)15(19-16)20(5-2)11-12-21-3/h6-9H,4-5,10-12H2,1-3H3,(H,17,18,19). The van der Waals surface area contributed by atoms with Crippen LogP contribution in [-0.4, -0.2) is 43.3 Å². The van der Waals surface area contributed by atoms with Crippen molar-refractivity contribution in [3.63, 3.8) is 0 Å². The maximum atomic E-state index is 5.20. The number of anilines is 2. The van der Waals surface area contributed by atoms with Crippen LogP contribution in [0.25, 0.3) is 10.9 Å². The first-order chi connectivity index (χ1) is 10.3. The molecule has 0 radical (unpaired) electrons. The van der Waals surface area contributed by atoms with Crippen molar-refractivity contribution >= 4 is 22.7 Å². The smallest absolute Gasteiger partial charge is 0.225 e. The van der Waals surface area contributed by atoms with Crippen molar-refractivity contribution in [3.05, 3.63) is 24.3 Å². The van der Waals surface area contributed by atoms with Crippen LogP contribution in [0.3, 0.4) is 0 Å². The lowest BCUT2D eigenvalue weighted by molar-refractivity contribution is 0.205. The van der Waals surface area contributed by atoms with Gasteiger partial charge in [-0.05, 0) is 25.5 Å². The maximum Gasteiger partial charge on any atom is 0.225 e. The Balaban J connectivity index is 2.42. The molecule has 0 unspecified atom stereocenters. The topological polar surface area (TPSA) is 50.3 Å². The number of ether oxygens (including phenoxy) is 1. The SMILES string of the molecule is CCCNc1nc(N(CC)CCOC)c2ccccc2n1. The molecule has 0 fully saturated rings. The van der Waals surface area contributed by atoms with E-state index in [0.29, 0.717) is 12.6 Å². The maximum absolute atomic E-state index is 5.20. The summed E-state index contributed by atoms with van der Waals surface area (Å²) in [5.74, 6) is 1.67. The van der Waals surface area contributed by atoms with E-state index in [2.05, 4.69) is 35.1 Å². The third-order valence-electron chi connectivity index (χ3n) is 3.36. The minimum atomic E-state index is 0.684. The summed E-state index contributed by atoms with van der Waals surface area (Å²) >= 11 is 0. The summed E-state index contributed by atoms with van der Waals surface area (Å²) < 4.78 is 5.20. The van der Waals surface area contributed by atoms with Crippen LogP contribution in [0.4, 0.5) is 11.8 Å². The molecule has 2 aromatic rings. The molecule has 1 aromatic carbocycles. The fourth-order valence-electron chi connectivity index (χ4n) is 2.23. The highest BCUT2D eigenvalue weighted by Crippen LogP contribution is 2.25. The van der Waals surface area contributed by atoms with E-state index in [4.69, 9.17) is 9.72 Å². The number of hydrogen-bond acceptors (Lipinski definition) is 5. The minimum absolute atomic E-state index is 0.684. The Morgan fingerprint density at radius 2 is 2.00 bits per heavy atom. The molecule has 0 aliphatic heterocycles. The normalized spacial score (nSPS) is 10.8. The summed E-state index contributed by atoms with van der Waals surface area (Å²) in [6.07, 6.45) is 1.05. The lowest BCUT2D eigenvalue weighted by atomic mass is 10.2. The summed E-state index contributed by atoms with van der Waals surface area (Å²) in [7, 11) is 1.72. The number of nitrogens with one attached hydrogen (secondary N) is 1. The van der Waals surface area contributed by atoms with E-state index in [1.807, 2.05) is 18.2 Å². The number of likely N-dealkylation sites (N-methyl/N-ethyl adjacent to an activating group) is 1. The van der Waals surface area contributed by atoms with Crippen molar-refractivity contribution in [1.82, 2.24) is 9.97 Å². The summed E-state index contributed by atoms with van der Waals surface area (Å²) in [6, 6.07) is 8.14. The molecule has 0 bridgehead atoms. The molecule has 21 heavy (non-hydrogen) atoms. The van der Waals surface area contributed by atoms with Crippen LogP contribution in [-0.2, 0) is 4.74 Å². The Bertz CT molecular complexity index is 573. The number of methoxy groups -OCH3 is 1. The first kappa shape index (κ1) is 15.5. The molecule has 1 aromatic heterocycles. The van der Waals surface area contributed by atoms with Gasteiger partial charge in [-0.2, -0.15) is 4.98 Å². The van der Waals surface area contributed by atoms with Gasteiger partial charge in [-0.3, -0.25) is 0 Å². The van der Waals surface area contributed by atoms with Crippen LogP contribution in [0, 0.1) is 0 Å². The first-order valence-electron chi connectivity index (χ1n) is 7.54. The van der Waals surface area contributed by atoms with Crippen molar-refractivity contribution in [1.29, 1.82) is 0 Å². The van der Waals surface area contributed by atoms with Crippen LogP contribution in [0.2, 0.25) is 0 Å². The van der Waals surface area contributed by atoms with Crippen LogP contribution < -0.4 is 10.2 Å². The molecule has 0 spiro atoms. The zero-order valence-electron chi connectivity index (χ0n) is 13.1. The highest BCUT2D eigenvalue weighted by Gasteiger charge is 2.13. The Hall–Kier alpha value is -1.88. The van der Waals surface area contributed by atoms with Gasteiger partial charge < -0.3 is 15.0 Å². The quantitative estimate of drug-likeness (QED) is 0.809. The lowest BCUT2D eigenvalue weighted by Crippen LogP contribution is -2.28. The van der Waals surface area contributed by atoms with Gasteiger partial charge in [0.05, 0.1) is 12.1 Å². The molecular formula is C16H24N4O. The predicted molar refractivity (Wildman–Crippen MR) is 88.1 cm³/mol. The molecular weight excluding hydrogens is 264 g/mol. The van der Waals surface area contributed by atoms with Gasteiger partial charge in [-0.25, -0.2) is 4.98 Å². The average molecular weight is 288 g/mol. The number of hydrogen-bond donors (Lipinski definition) is 1. The van der Waals surface area contributed by atoms with E-state index in [-0.39, 0.29) is 0 Å². The van der Waals surface area contributed by atoms with Gasteiger partial charge in [0.25, 0.3) is 0 Å². The van der Waals surface area contributed by atoms with E-state index in [0.717, 1.165) is 42.8 Å². The fraction of sp³-hybridized carbons (Fsp3) is 0.500. The van der Waals surface area contributed by atoms with E-state index < -0.39 is 0 Å². The second-order valence-corrected chi connectivity index (χ2v) is 4.89. The minimum Gasteiger partial charge on any atom is -0.383 e. The largest absolute Gasteiger partial charge is 0.383 e. The van der Waals surface area contributed by atoms with E-state index in [1.165, 1.54) is 0 Å². The predicted octanol–water partition coefficient (Wildman–Crippen LogP) is 2.92. The number of para-hydroxylation sites is 1. The molecule has 1 heterocycles. The van der Waals surface area contributed by atoms with Crippen LogP contribution in [0.1, 0.15) is 20.3 Å². The van der Waals surface area contributed by atoms with E-state index in [9.17, 15) is 0 Å². The number of rotatable bonds is 8. The van der Waals surface area contributed by atoms with Gasteiger partial charge in [-0.1, -0.05) is 19.1 Å². The van der Waals surface area contributed by atoms with Gasteiger partial charge in [0, 0.05) is 32.1 Å². The molecule has 0 saturated heterocycles. The van der Waals surface area contributed by atoms with Crippen molar-refractivity contribution in [3.8, 4) is 0 Å². The third kappa shape index (κ3) is 3.82. The molecule has 0 saturated carbocycles. The van der Waals surface area contributed by atoms with Crippen molar-refractivity contribution in [2.45, 2.75) is 20.3 Å². The summed E-state index contributed by atoms with van der Waals surface area (Å²) in [4.78, 5) is 11.5. The molecule has 114 valence electrons. The molecule has 1 N–H and O–H groups in total. The van der Waals surface area contributed by atoms with Crippen LogP contribution in [0.5, 0.6) is 0 Å². The highest BCUT2D eigenvalue weighted by atomic mass is 16.5. The highest BCUT2D eigenvalue weighted by molar-refractivity contribution is 5.90. The number of benzene rings is 1. The molecule has 5 heteroatoms. The Morgan fingerprint density at radius 3 is 2.71 bits per heavy atom. The lowest BCUT2D eigenvalue weighted by Gasteiger charge is -2.23. The molecule has 0 aliphatic carbocycles. The van der Waals surface area contributed by atoms with Gasteiger partial charge in [0.15, 0.2) is 0 Å². The summed E-state index contributed by atoms with van der Waals surface area (Å²) in [5, 5.41) is 4.36. The second kappa shape index (κ2) is 7.78. The van der Waals surface area contributed by atoms with E-state index >= 15 is 0 Å². The molecule has 0 amide bonds. The summed E-state index contributed by atoms with van der Waals surface area (Å²) in [5.41, 5.74) is 0.969. The van der Waals surface area contributed by atoms with Crippen molar-refractivity contribution in [2.24, 2.45) is 0 Å². The Kier molecular flexibility index (Phi) is 5.75. The van der Waals surface area contributed by atoms with Crippen molar-refractivity contribution < 1.29 is 4.74 Å². The second-order valence-electron chi connectivity index (χ2n) is 4.89. The molecule has 5 nitrogen and oxygen atoms in total. The summed E-state index contributed by atoms with van der Waals surface area (Å²) in [6.45, 7) is 7.53. The molecule has 0 atom stereocenters. The zero-order valence-corrected chi connectivity index (χ0v) is 13.1. The number of aromatic nitrogens is 2. The third-order valence-corrected chi connectivity index (χ3v) is 3.36. The van der Waals surface area contributed by atoms with Gasteiger partial charge in [0.1, 0.15) is 5.82 Å². The number of fused-ring (bicyclic) bond motifs is 1. The zero-order chi connectivity index (χ0) is 15.1. The van der Waals surface area contributed by atoms with Crippen LogP contribution in [0.15, 0.2) is 24.3 Å². The first-order valence-corrected chi connectivity index (χ1v) is 7.54.